The van der Waals surface area contributed by atoms with Crippen LogP contribution >= 0.6 is 0 Å². The molecule has 3 heterocycles. The first-order valence-corrected chi connectivity index (χ1v) is 10.3. The standard InChI is InChI=1S/C22H31N5O/c1-4-27(5-2)22(28)16-26-13-7-9-18(15-26)20-12-11-19(14-23-20)25-21-10-6-8-17(3)24-21/h6,8,10-12,14,18H,4-5,7,9,13,15-16H2,1-3H3,(H,24,25)/t18-/m0/s1. The van der Waals surface area contributed by atoms with E-state index in [0.717, 1.165) is 61.9 Å². The molecule has 150 valence electrons. The number of hydrogen-bond acceptors (Lipinski definition) is 5. The summed E-state index contributed by atoms with van der Waals surface area (Å²) in [5.74, 6) is 1.43. The van der Waals surface area contributed by atoms with Crippen LogP contribution in [0.5, 0.6) is 0 Å². The van der Waals surface area contributed by atoms with Crippen LogP contribution < -0.4 is 5.32 Å². The Morgan fingerprint density at radius 2 is 2.07 bits per heavy atom. The SMILES string of the molecule is CCN(CC)C(=O)CN1CCC[C@H](c2ccc(Nc3cccc(C)n3)cn2)C1. The number of hydrogen-bond donors (Lipinski definition) is 1. The number of amides is 1. The van der Waals surface area contributed by atoms with Gasteiger partial charge in [0.15, 0.2) is 0 Å². The smallest absolute Gasteiger partial charge is 0.236 e. The lowest BCUT2D eigenvalue weighted by molar-refractivity contribution is -0.132. The third-order valence-corrected chi connectivity index (χ3v) is 5.35. The Kier molecular flexibility index (Phi) is 6.98. The van der Waals surface area contributed by atoms with E-state index in [-0.39, 0.29) is 5.91 Å². The Morgan fingerprint density at radius 3 is 2.75 bits per heavy atom. The van der Waals surface area contributed by atoms with Crippen LogP contribution in [0.25, 0.3) is 0 Å². The van der Waals surface area contributed by atoms with Crippen molar-refractivity contribution in [3.63, 3.8) is 0 Å². The molecule has 2 aromatic heterocycles. The highest BCUT2D eigenvalue weighted by molar-refractivity contribution is 5.78. The van der Waals surface area contributed by atoms with Crippen molar-refractivity contribution in [2.24, 2.45) is 0 Å². The topological polar surface area (TPSA) is 61.4 Å². The van der Waals surface area contributed by atoms with Crippen molar-refractivity contribution in [2.45, 2.75) is 39.5 Å². The van der Waals surface area contributed by atoms with Gasteiger partial charge in [-0.1, -0.05) is 6.07 Å². The molecule has 1 aliphatic heterocycles. The van der Waals surface area contributed by atoms with Crippen LogP contribution in [0.2, 0.25) is 0 Å². The van der Waals surface area contributed by atoms with Crippen LogP contribution in [0, 0.1) is 6.92 Å². The van der Waals surface area contributed by atoms with Crippen LogP contribution in [0.1, 0.15) is 44.0 Å². The quantitative estimate of drug-likeness (QED) is 0.794. The van der Waals surface area contributed by atoms with Gasteiger partial charge in [0.05, 0.1) is 18.4 Å². The normalized spacial score (nSPS) is 17.3. The molecule has 1 amide bonds. The zero-order chi connectivity index (χ0) is 19.9. The summed E-state index contributed by atoms with van der Waals surface area (Å²) < 4.78 is 0. The molecule has 2 aromatic rings. The maximum atomic E-state index is 12.4. The van der Waals surface area contributed by atoms with E-state index in [4.69, 9.17) is 0 Å². The first kappa shape index (κ1) is 20.3. The molecule has 1 aliphatic rings. The van der Waals surface area contributed by atoms with Gasteiger partial charge >= 0.3 is 0 Å². The van der Waals surface area contributed by atoms with Crippen LogP contribution in [0.15, 0.2) is 36.5 Å². The van der Waals surface area contributed by atoms with E-state index in [0.29, 0.717) is 12.5 Å². The average Bonchev–Trinajstić information content (AvgIpc) is 2.70. The molecule has 0 spiro atoms. The summed E-state index contributed by atoms with van der Waals surface area (Å²) in [4.78, 5) is 25.7. The Hall–Kier alpha value is -2.47. The van der Waals surface area contributed by atoms with Crippen LogP contribution in [-0.4, -0.2) is 58.4 Å². The van der Waals surface area contributed by atoms with E-state index in [1.807, 2.05) is 50.1 Å². The lowest BCUT2D eigenvalue weighted by Gasteiger charge is -2.33. The maximum absolute atomic E-state index is 12.4. The number of likely N-dealkylation sites (tertiary alicyclic amines) is 1. The van der Waals surface area contributed by atoms with Crippen LogP contribution in [0.3, 0.4) is 0 Å². The number of aryl methyl sites for hydroxylation is 1. The van der Waals surface area contributed by atoms with E-state index < -0.39 is 0 Å². The Labute approximate surface area is 168 Å². The van der Waals surface area contributed by atoms with Crippen molar-refractivity contribution in [1.29, 1.82) is 0 Å². The molecule has 0 bridgehead atoms. The highest BCUT2D eigenvalue weighted by atomic mass is 16.2. The number of carbonyl (C=O) groups excluding carboxylic acids is 1. The molecule has 1 atom stereocenters. The molecule has 0 aromatic carbocycles. The summed E-state index contributed by atoms with van der Waals surface area (Å²) in [7, 11) is 0. The molecule has 3 rings (SSSR count). The highest BCUT2D eigenvalue weighted by Gasteiger charge is 2.24. The second-order valence-electron chi connectivity index (χ2n) is 7.40. The van der Waals surface area contributed by atoms with Gasteiger partial charge in [0, 0.05) is 36.9 Å². The number of aromatic nitrogens is 2. The fourth-order valence-electron chi connectivity index (χ4n) is 3.79. The molecule has 0 radical (unpaired) electrons. The molecule has 6 nitrogen and oxygen atoms in total. The Balaban J connectivity index is 1.59. The van der Waals surface area contributed by atoms with Crippen molar-refractivity contribution in [3.8, 4) is 0 Å². The van der Waals surface area contributed by atoms with Crippen molar-refractivity contribution >= 4 is 17.4 Å². The van der Waals surface area contributed by atoms with Gasteiger partial charge in [-0.25, -0.2) is 4.98 Å². The summed E-state index contributed by atoms with van der Waals surface area (Å²) in [6, 6.07) is 10.1. The molecular formula is C22H31N5O. The van der Waals surface area contributed by atoms with Gasteiger partial charge < -0.3 is 10.2 Å². The molecule has 28 heavy (non-hydrogen) atoms. The summed E-state index contributed by atoms with van der Waals surface area (Å²) >= 11 is 0. The van der Waals surface area contributed by atoms with Crippen LogP contribution in [0.4, 0.5) is 11.5 Å². The average molecular weight is 382 g/mol. The van der Waals surface area contributed by atoms with Gasteiger partial charge in [-0.05, 0) is 64.4 Å². The largest absolute Gasteiger partial charge is 0.342 e. The number of piperidine rings is 1. The first-order chi connectivity index (χ1) is 13.6. The molecule has 0 saturated carbocycles. The van der Waals surface area contributed by atoms with Gasteiger partial charge in [-0.3, -0.25) is 14.7 Å². The Morgan fingerprint density at radius 1 is 1.25 bits per heavy atom. The van der Waals surface area contributed by atoms with Crippen molar-refractivity contribution in [2.75, 3.05) is 38.0 Å². The molecule has 1 fully saturated rings. The van der Waals surface area contributed by atoms with Gasteiger partial charge in [0.25, 0.3) is 0 Å². The van der Waals surface area contributed by atoms with E-state index in [2.05, 4.69) is 32.3 Å². The number of pyridine rings is 2. The highest BCUT2D eigenvalue weighted by Crippen LogP contribution is 2.26. The number of nitrogens with zero attached hydrogens (tertiary/aromatic N) is 4. The third kappa shape index (κ3) is 5.29. The first-order valence-electron chi connectivity index (χ1n) is 10.3. The molecule has 1 saturated heterocycles. The third-order valence-electron chi connectivity index (χ3n) is 5.35. The monoisotopic (exact) mass is 381 g/mol. The zero-order valence-electron chi connectivity index (χ0n) is 17.2. The predicted octanol–water partition coefficient (Wildman–Crippen LogP) is 3.58. The van der Waals surface area contributed by atoms with Gasteiger partial charge in [-0.15, -0.1) is 0 Å². The predicted molar refractivity (Wildman–Crippen MR) is 113 cm³/mol. The van der Waals surface area contributed by atoms with Crippen molar-refractivity contribution in [1.82, 2.24) is 19.8 Å². The van der Waals surface area contributed by atoms with Crippen molar-refractivity contribution < 1.29 is 4.79 Å². The summed E-state index contributed by atoms with van der Waals surface area (Å²) in [5, 5.41) is 3.30. The molecular weight excluding hydrogens is 350 g/mol. The molecule has 6 heteroatoms. The van der Waals surface area contributed by atoms with Crippen LogP contribution in [-0.2, 0) is 4.79 Å². The van der Waals surface area contributed by atoms with Gasteiger partial charge in [-0.2, -0.15) is 0 Å². The minimum absolute atomic E-state index is 0.226. The second-order valence-corrected chi connectivity index (χ2v) is 7.40. The molecule has 0 unspecified atom stereocenters. The fraction of sp³-hybridized carbons (Fsp3) is 0.500. The van der Waals surface area contributed by atoms with E-state index >= 15 is 0 Å². The lowest BCUT2D eigenvalue weighted by atomic mass is 9.94. The number of anilines is 2. The fourth-order valence-corrected chi connectivity index (χ4v) is 3.79. The van der Waals surface area contributed by atoms with Gasteiger partial charge in [0.2, 0.25) is 5.91 Å². The number of rotatable bonds is 7. The zero-order valence-corrected chi connectivity index (χ0v) is 17.2. The summed E-state index contributed by atoms with van der Waals surface area (Å²) in [5.41, 5.74) is 3.02. The number of likely N-dealkylation sites (N-methyl/N-ethyl adjacent to an activating group) is 1. The minimum Gasteiger partial charge on any atom is -0.342 e. The van der Waals surface area contributed by atoms with Crippen molar-refractivity contribution in [3.05, 3.63) is 47.9 Å². The maximum Gasteiger partial charge on any atom is 0.236 e. The Bertz CT molecular complexity index is 773. The summed E-state index contributed by atoms with van der Waals surface area (Å²) in [6.45, 7) is 9.99. The molecule has 0 aliphatic carbocycles. The van der Waals surface area contributed by atoms with Gasteiger partial charge in [0.1, 0.15) is 5.82 Å². The molecule has 1 N–H and O–H groups in total. The van der Waals surface area contributed by atoms with E-state index in [1.54, 1.807) is 0 Å². The second kappa shape index (κ2) is 9.64. The van der Waals surface area contributed by atoms with E-state index in [9.17, 15) is 4.79 Å². The lowest BCUT2D eigenvalue weighted by Crippen LogP contribution is -2.43. The number of nitrogens with one attached hydrogen (secondary N) is 1. The number of carbonyl (C=O) groups is 1. The minimum atomic E-state index is 0.226. The summed E-state index contributed by atoms with van der Waals surface area (Å²) in [6.07, 6.45) is 4.10. The van der Waals surface area contributed by atoms with E-state index in [1.165, 1.54) is 0 Å².